The molecule has 0 saturated carbocycles. The largest absolute Gasteiger partial charge is 0.477 e. The second-order valence-electron chi connectivity index (χ2n) is 6.13. The van der Waals surface area contributed by atoms with Gasteiger partial charge >= 0.3 is 5.97 Å². The van der Waals surface area contributed by atoms with Gasteiger partial charge in [0.2, 0.25) is 0 Å². The summed E-state index contributed by atoms with van der Waals surface area (Å²) in [4.78, 5) is 24.8. The molecule has 0 bridgehead atoms. The van der Waals surface area contributed by atoms with Gasteiger partial charge in [0, 0.05) is 30.7 Å². The lowest BCUT2D eigenvalue weighted by atomic mass is 10.00. The smallest absolute Gasteiger partial charge is 0.352 e. The number of nitrogens with zero attached hydrogens (tertiary/aromatic N) is 1. The maximum atomic E-state index is 12.9. The predicted octanol–water partition coefficient (Wildman–Crippen LogP) is 2.23. The summed E-state index contributed by atoms with van der Waals surface area (Å²) in [6, 6.07) is 12.9. The normalized spacial score (nSPS) is 11.6. The lowest BCUT2D eigenvalue weighted by molar-refractivity contribution is 0.0685. The molecule has 3 rings (SSSR count). The monoisotopic (exact) mass is 371 g/mol. The number of benzene rings is 2. The van der Waals surface area contributed by atoms with Crippen molar-refractivity contribution in [2.24, 2.45) is 7.05 Å². The number of hydrogen-bond acceptors (Lipinski definition) is 4. The quantitative estimate of drug-likeness (QED) is 0.759. The number of fused-ring (bicyclic) bond motifs is 1. The fourth-order valence-electron chi connectivity index (χ4n) is 3.05. The number of carboxylic acids is 1. The Bertz CT molecular complexity index is 1180. The Balaban J connectivity index is 2.18. The van der Waals surface area contributed by atoms with Gasteiger partial charge in [-0.15, -0.1) is 0 Å². The molecule has 0 amide bonds. The van der Waals surface area contributed by atoms with Crippen LogP contribution in [0.1, 0.15) is 21.6 Å². The lowest BCUT2D eigenvalue weighted by Crippen LogP contribution is -2.23. The SMILES string of the molecule is Cn1c(C(=O)O)c(Cc2ccc(S(C)(=O)=O)cc2)c(=O)c2ccccc21. The summed E-state index contributed by atoms with van der Waals surface area (Å²) in [5.41, 5.74) is 0.980. The molecule has 134 valence electrons. The topological polar surface area (TPSA) is 93.4 Å². The fourth-order valence-corrected chi connectivity index (χ4v) is 3.68. The number of pyridine rings is 1. The summed E-state index contributed by atoms with van der Waals surface area (Å²) >= 11 is 0. The first kappa shape index (κ1) is 17.9. The zero-order chi connectivity index (χ0) is 19.1. The van der Waals surface area contributed by atoms with Crippen LogP contribution in [0.5, 0.6) is 0 Å². The number of carbonyl (C=O) groups is 1. The van der Waals surface area contributed by atoms with E-state index >= 15 is 0 Å². The molecule has 0 saturated heterocycles. The molecule has 1 aromatic heterocycles. The Morgan fingerprint density at radius 3 is 2.27 bits per heavy atom. The van der Waals surface area contributed by atoms with E-state index < -0.39 is 15.8 Å². The van der Waals surface area contributed by atoms with E-state index in [1.165, 1.54) is 16.7 Å². The first-order chi connectivity index (χ1) is 12.2. The van der Waals surface area contributed by atoms with Gasteiger partial charge in [-0.3, -0.25) is 4.79 Å². The minimum absolute atomic E-state index is 0.0686. The molecule has 2 aromatic carbocycles. The molecular weight excluding hydrogens is 354 g/mol. The lowest BCUT2D eigenvalue weighted by Gasteiger charge is -2.14. The van der Waals surface area contributed by atoms with Crippen molar-refractivity contribution in [3.8, 4) is 0 Å². The average Bonchev–Trinajstić information content (AvgIpc) is 2.59. The van der Waals surface area contributed by atoms with E-state index in [4.69, 9.17) is 0 Å². The summed E-state index contributed by atoms with van der Waals surface area (Å²) in [5.74, 6) is -1.18. The number of para-hydroxylation sites is 1. The van der Waals surface area contributed by atoms with Gasteiger partial charge in [-0.25, -0.2) is 13.2 Å². The van der Waals surface area contributed by atoms with Gasteiger partial charge in [0.15, 0.2) is 15.3 Å². The molecule has 26 heavy (non-hydrogen) atoms. The minimum Gasteiger partial charge on any atom is -0.477 e. The third kappa shape index (κ3) is 3.13. The van der Waals surface area contributed by atoms with E-state index in [-0.39, 0.29) is 28.0 Å². The number of sulfone groups is 1. The predicted molar refractivity (Wildman–Crippen MR) is 98.5 cm³/mol. The molecule has 0 unspecified atom stereocenters. The van der Waals surface area contributed by atoms with Crippen molar-refractivity contribution in [2.75, 3.05) is 6.26 Å². The van der Waals surface area contributed by atoms with Crippen molar-refractivity contribution in [2.45, 2.75) is 11.3 Å². The van der Waals surface area contributed by atoms with Crippen LogP contribution in [0.4, 0.5) is 0 Å². The zero-order valence-corrected chi connectivity index (χ0v) is 15.1. The minimum atomic E-state index is -3.32. The highest BCUT2D eigenvalue weighted by atomic mass is 32.2. The van der Waals surface area contributed by atoms with Crippen molar-refractivity contribution >= 4 is 26.7 Å². The second kappa shape index (κ2) is 6.42. The molecule has 0 radical (unpaired) electrons. The molecule has 0 atom stereocenters. The molecule has 1 heterocycles. The highest BCUT2D eigenvalue weighted by Gasteiger charge is 2.20. The number of rotatable bonds is 4. The summed E-state index contributed by atoms with van der Waals surface area (Å²) in [5, 5.41) is 10.1. The standard InChI is InChI=1S/C19H17NO5S/c1-20-16-6-4-3-5-14(16)18(21)15(17(20)19(22)23)11-12-7-9-13(10-8-12)26(2,24)25/h3-10H,11H2,1-2H3,(H,22,23). The molecule has 0 fully saturated rings. The van der Waals surface area contributed by atoms with Gasteiger partial charge in [-0.1, -0.05) is 24.3 Å². The third-order valence-electron chi connectivity index (χ3n) is 4.34. The van der Waals surface area contributed by atoms with Crippen LogP contribution in [0.25, 0.3) is 10.9 Å². The molecule has 0 spiro atoms. The summed E-state index contributed by atoms with van der Waals surface area (Å²) in [6.07, 6.45) is 1.22. The van der Waals surface area contributed by atoms with E-state index in [1.807, 2.05) is 0 Å². The van der Waals surface area contributed by atoms with E-state index in [0.29, 0.717) is 16.5 Å². The molecule has 3 aromatic rings. The van der Waals surface area contributed by atoms with Crippen LogP contribution in [0.15, 0.2) is 58.2 Å². The van der Waals surface area contributed by atoms with Gasteiger partial charge in [0.1, 0.15) is 5.69 Å². The van der Waals surface area contributed by atoms with E-state index in [2.05, 4.69) is 0 Å². The number of aryl methyl sites for hydroxylation is 1. The maximum absolute atomic E-state index is 12.9. The van der Waals surface area contributed by atoms with Crippen LogP contribution in [-0.4, -0.2) is 30.3 Å². The highest BCUT2D eigenvalue weighted by Crippen LogP contribution is 2.19. The van der Waals surface area contributed by atoms with E-state index in [0.717, 1.165) is 6.26 Å². The molecule has 6 nitrogen and oxygen atoms in total. The van der Waals surface area contributed by atoms with Crippen LogP contribution < -0.4 is 5.43 Å². The van der Waals surface area contributed by atoms with Crippen LogP contribution in [0, 0.1) is 0 Å². The third-order valence-corrected chi connectivity index (χ3v) is 5.47. The Labute approximate surface area is 150 Å². The van der Waals surface area contributed by atoms with Crippen molar-refractivity contribution in [3.63, 3.8) is 0 Å². The average molecular weight is 371 g/mol. The van der Waals surface area contributed by atoms with E-state index in [9.17, 15) is 23.1 Å². The van der Waals surface area contributed by atoms with Gasteiger partial charge in [-0.05, 0) is 29.8 Å². The summed E-state index contributed by atoms with van der Waals surface area (Å²) < 4.78 is 24.6. The first-order valence-corrected chi connectivity index (χ1v) is 9.72. The Morgan fingerprint density at radius 2 is 1.69 bits per heavy atom. The van der Waals surface area contributed by atoms with E-state index in [1.54, 1.807) is 43.4 Å². The molecule has 0 aliphatic rings. The van der Waals surface area contributed by atoms with Crippen LogP contribution >= 0.6 is 0 Å². The molecule has 7 heteroatoms. The van der Waals surface area contributed by atoms with Crippen LogP contribution in [-0.2, 0) is 23.3 Å². The molecule has 1 N–H and O–H groups in total. The summed E-state index contributed by atoms with van der Waals surface area (Å²) in [7, 11) is -1.71. The Morgan fingerprint density at radius 1 is 1.08 bits per heavy atom. The maximum Gasteiger partial charge on any atom is 0.352 e. The number of aromatic carboxylic acids is 1. The molecule has 0 aliphatic heterocycles. The molecular formula is C19H17NO5S. The van der Waals surface area contributed by atoms with Gasteiger partial charge in [0.25, 0.3) is 0 Å². The van der Waals surface area contributed by atoms with Gasteiger partial charge < -0.3 is 9.67 Å². The number of aromatic nitrogens is 1. The molecule has 0 aliphatic carbocycles. The Kier molecular flexibility index (Phi) is 4.41. The fraction of sp³-hybridized carbons (Fsp3) is 0.158. The second-order valence-corrected chi connectivity index (χ2v) is 8.15. The van der Waals surface area contributed by atoms with Crippen molar-refractivity contribution in [3.05, 3.63) is 75.6 Å². The highest BCUT2D eigenvalue weighted by molar-refractivity contribution is 7.90. The summed E-state index contributed by atoms with van der Waals surface area (Å²) in [6.45, 7) is 0. The Hall–Kier alpha value is -2.93. The van der Waals surface area contributed by atoms with Gasteiger partial charge in [-0.2, -0.15) is 0 Å². The van der Waals surface area contributed by atoms with Crippen molar-refractivity contribution in [1.82, 2.24) is 4.57 Å². The van der Waals surface area contributed by atoms with Crippen molar-refractivity contribution < 1.29 is 18.3 Å². The van der Waals surface area contributed by atoms with Crippen LogP contribution in [0.3, 0.4) is 0 Å². The first-order valence-electron chi connectivity index (χ1n) is 7.83. The van der Waals surface area contributed by atoms with Crippen LogP contribution in [0.2, 0.25) is 0 Å². The zero-order valence-electron chi connectivity index (χ0n) is 14.3. The van der Waals surface area contributed by atoms with Gasteiger partial charge in [0.05, 0.1) is 10.4 Å². The number of carboxylic acid groups (broad SMARTS) is 1. The van der Waals surface area contributed by atoms with Crippen molar-refractivity contribution in [1.29, 1.82) is 0 Å². The number of hydrogen-bond donors (Lipinski definition) is 1.